The predicted octanol–water partition coefficient (Wildman–Crippen LogP) is 3.05. The number of carbonyl (C=O) groups is 2. The Bertz CT molecular complexity index is 1290. The highest BCUT2D eigenvalue weighted by Gasteiger charge is 2.38. The summed E-state index contributed by atoms with van der Waals surface area (Å²) in [5.74, 6) is -1.02. The number of benzene rings is 1. The van der Waals surface area contributed by atoms with E-state index in [0.29, 0.717) is 25.6 Å². The van der Waals surface area contributed by atoms with Gasteiger partial charge in [-0.1, -0.05) is 0 Å². The van der Waals surface area contributed by atoms with Gasteiger partial charge in [0, 0.05) is 50.0 Å². The molecule has 1 aromatic carbocycles. The summed E-state index contributed by atoms with van der Waals surface area (Å²) in [5.41, 5.74) is 2.55. The molecule has 0 amide bonds. The first-order chi connectivity index (χ1) is 19.0. The average molecular weight is 567 g/mol. The summed E-state index contributed by atoms with van der Waals surface area (Å²) in [6.07, 6.45) is 0.187. The zero-order chi connectivity index (χ0) is 29.3. The maximum Gasteiger partial charge on any atom is 0.490 e. The first-order valence-electron chi connectivity index (χ1n) is 12.1. The third-order valence-electron chi connectivity index (χ3n) is 5.51. The molecule has 216 valence electrons. The van der Waals surface area contributed by atoms with E-state index in [9.17, 15) is 18.0 Å². The topological polar surface area (TPSA) is 141 Å². The Kier molecular flexibility index (Phi) is 10.2. The van der Waals surface area contributed by atoms with Crippen LogP contribution >= 0.6 is 0 Å². The number of fused-ring (bicyclic) bond motifs is 1. The Morgan fingerprint density at radius 1 is 1.23 bits per heavy atom. The Hall–Kier alpha value is -4.40. The van der Waals surface area contributed by atoms with Crippen molar-refractivity contribution < 1.29 is 42.1 Å². The zero-order valence-electron chi connectivity index (χ0n) is 22.0. The number of nitrogens with one attached hydrogen (secondary N) is 1. The highest BCUT2D eigenvalue weighted by Crippen LogP contribution is 2.35. The number of nitrogens with zero attached hydrogens (tertiary/aromatic N) is 5. The smallest absolute Gasteiger partial charge is 0.475 e. The number of rotatable bonds is 10. The number of carboxylic acids is 1. The van der Waals surface area contributed by atoms with Crippen LogP contribution in [0, 0.1) is 6.92 Å². The number of aryl methyl sites for hydroxylation is 1. The van der Waals surface area contributed by atoms with Crippen molar-refractivity contribution in [2.75, 3.05) is 38.4 Å². The summed E-state index contributed by atoms with van der Waals surface area (Å²) in [6.45, 7) is 5.61. The molecule has 0 spiro atoms. The van der Waals surface area contributed by atoms with E-state index in [1.807, 2.05) is 38.2 Å². The fourth-order valence-corrected chi connectivity index (χ4v) is 3.57. The molecular formula is C25H29F3N6O6. The lowest BCUT2D eigenvalue weighted by Crippen LogP contribution is -2.33. The van der Waals surface area contributed by atoms with Crippen LogP contribution < -0.4 is 19.7 Å². The minimum atomic E-state index is -5.08. The highest BCUT2D eigenvalue weighted by atomic mass is 19.4. The fraction of sp³-hybridized carbons (Fsp3) is 0.400. The molecule has 1 atom stereocenters. The Morgan fingerprint density at radius 3 is 2.60 bits per heavy atom. The lowest BCUT2D eigenvalue weighted by Gasteiger charge is -2.23. The minimum absolute atomic E-state index is 0.168. The number of halogens is 3. The second kappa shape index (κ2) is 13.6. The standard InChI is InChI=1S/C23H28N6O4.C2HF3O2/c1-4-31-22(30)13-18(19-11-16(2)26-23(27-19)29-10-7-24-14-29)25-8-9-28(3)17-5-6-20-21(12-17)33-15-32-20;3-2(4,5)1(6)7/h5-7,10-12,14,18,25H,4,8-9,13,15H2,1-3H3;(H,6,7). The van der Waals surface area contributed by atoms with Crippen molar-refractivity contribution in [3.63, 3.8) is 0 Å². The van der Waals surface area contributed by atoms with Crippen LogP contribution in [-0.4, -0.2) is 76.3 Å². The van der Waals surface area contributed by atoms with Gasteiger partial charge in [-0.25, -0.2) is 19.7 Å². The molecule has 15 heteroatoms. The molecule has 1 aliphatic rings. The number of aromatic nitrogens is 4. The Balaban J connectivity index is 0.000000559. The molecule has 0 bridgehead atoms. The van der Waals surface area contributed by atoms with Gasteiger partial charge < -0.3 is 29.5 Å². The minimum Gasteiger partial charge on any atom is -0.475 e. The number of alkyl halides is 3. The third-order valence-corrected chi connectivity index (χ3v) is 5.51. The summed E-state index contributed by atoms with van der Waals surface area (Å²) in [4.78, 5) is 36.5. The van der Waals surface area contributed by atoms with Crippen molar-refractivity contribution in [3.8, 4) is 17.4 Å². The third kappa shape index (κ3) is 8.56. The predicted molar refractivity (Wildman–Crippen MR) is 135 cm³/mol. The number of hydrogen-bond acceptors (Lipinski definition) is 10. The molecule has 40 heavy (non-hydrogen) atoms. The van der Waals surface area contributed by atoms with Gasteiger partial charge in [0.2, 0.25) is 12.7 Å². The molecular weight excluding hydrogens is 537 g/mol. The molecule has 3 aromatic rings. The summed E-state index contributed by atoms with van der Waals surface area (Å²) in [5, 5.41) is 10.6. The number of hydrogen-bond donors (Lipinski definition) is 2. The van der Waals surface area contributed by atoms with Crippen LogP contribution in [0.15, 0.2) is 43.0 Å². The van der Waals surface area contributed by atoms with Gasteiger partial charge in [0.05, 0.1) is 24.8 Å². The lowest BCUT2D eigenvalue weighted by molar-refractivity contribution is -0.192. The Morgan fingerprint density at radius 2 is 1.95 bits per heavy atom. The number of carboxylic acid groups (broad SMARTS) is 1. The van der Waals surface area contributed by atoms with Crippen molar-refractivity contribution in [1.82, 2.24) is 24.8 Å². The van der Waals surface area contributed by atoms with Crippen LogP contribution in [0.1, 0.15) is 30.8 Å². The first-order valence-corrected chi connectivity index (χ1v) is 12.1. The maximum atomic E-state index is 12.3. The summed E-state index contributed by atoms with van der Waals surface area (Å²) < 4.78 is 49.5. The second-order valence-electron chi connectivity index (χ2n) is 8.48. The number of ether oxygens (including phenoxy) is 3. The molecule has 0 fully saturated rings. The molecule has 0 saturated heterocycles. The quantitative estimate of drug-likeness (QED) is 0.350. The van der Waals surface area contributed by atoms with Gasteiger partial charge in [-0.2, -0.15) is 13.2 Å². The van der Waals surface area contributed by atoms with Gasteiger partial charge in [-0.3, -0.25) is 9.36 Å². The molecule has 0 saturated carbocycles. The average Bonchev–Trinajstić information content (AvgIpc) is 3.59. The monoisotopic (exact) mass is 566 g/mol. The summed E-state index contributed by atoms with van der Waals surface area (Å²) in [6, 6.07) is 7.43. The van der Waals surface area contributed by atoms with Gasteiger partial charge >= 0.3 is 18.1 Å². The second-order valence-corrected chi connectivity index (χ2v) is 8.48. The van der Waals surface area contributed by atoms with Gasteiger partial charge in [-0.05, 0) is 32.0 Å². The molecule has 3 heterocycles. The van der Waals surface area contributed by atoms with Crippen LogP contribution in [0.3, 0.4) is 0 Å². The Labute approximate surface area is 227 Å². The van der Waals surface area contributed by atoms with E-state index in [1.54, 1.807) is 30.2 Å². The molecule has 2 aromatic heterocycles. The number of likely N-dealkylation sites (N-methyl/N-ethyl adjacent to an activating group) is 1. The van der Waals surface area contributed by atoms with E-state index in [2.05, 4.69) is 25.2 Å². The van der Waals surface area contributed by atoms with Crippen molar-refractivity contribution >= 4 is 17.6 Å². The van der Waals surface area contributed by atoms with Crippen molar-refractivity contribution in [1.29, 1.82) is 0 Å². The first kappa shape index (κ1) is 30.1. The number of imidazole rings is 1. The summed E-state index contributed by atoms with van der Waals surface area (Å²) >= 11 is 0. The molecule has 1 aliphatic heterocycles. The van der Waals surface area contributed by atoms with E-state index in [4.69, 9.17) is 24.1 Å². The summed E-state index contributed by atoms with van der Waals surface area (Å²) in [7, 11) is 2.01. The molecule has 0 radical (unpaired) electrons. The van der Waals surface area contributed by atoms with Crippen LogP contribution in [0.5, 0.6) is 11.5 Å². The van der Waals surface area contributed by atoms with Crippen molar-refractivity contribution in [2.45, 2.75) is 32.5 Å². The van der Waals surface area contributed by atoms with Gasteiger partial charge in [-0.15, -0.1) is 0 Å². The van der Waals surface area contributed by atoms with Crippen molar-refractivity contribution in [3.05, 3.63) is 54.4 Å². The normalized spacial score (nSPS) is 12.8. The SMILES string of the molecule is CCOC(=O)CC(NCCN(C)c1ccc2c(c1)OCO2)c1cc(C)nc(-n2ccnc2)n1.O=C(O)C(F)(F)F. The van der Waals surface area contributed by atoms with Crippen LogP contribution in [0.2, 0.25) is 0 Å². The largest absolute Gasteiger partial charge is 0.490 e. The van der Waals surface area contributed by atoms with Crippen LogP contribution in [0.4, 0.5) is 18.9 Å². The van der Waals surface area contributed by atoms with E-state index in [0.717, 1.165) is 28.6 Å². The molecule has 0 aliphatic carbocycles. The van der Waals surface area contributed by atoms with E-state index < -0.39 is 12.1 Å². The number of esters is 1. The number of carbonyl (C=O) groups excluding carboxylic acids is 1. The van der Waals surface area contributed by atoms with Gasteiger partial charge in [0.15, 0.2) is 11.5 Å². The highest BCUT2D eigenvalue weighted by molar-refractivity contribution is 5.73. The molecule has 2 N–H and O–H groups in total. The number of aliphatic carboxylic acids is 1. The van der Waals surface area contributed by atoms with Crippen LogP contribution in [-0.2, 0) is 14.3 Å². The lowest BCUT2D eigenvalue weighted by atomic mass is 10.1. The fourth-order valence-electron chi connectivity index (χ4n) is 3.57. The van der Waals surface area contributed by atoms with E-state index >= 15 is 0 Å². The maximum absolute atomic E-state index is 12.3. The molecule has 12 nitrogen and oxygen atoms in total. The van der Waals surface area contributed by atoms with E-state index in [1.165, 1.54) is 0 Å². The van der Waals surface area contributed by atoms with Crippen LogP contribution in [0.25, 0.3) is 5.95 Å². The van der Waals surface area contributed by atoms with E-state index in [-0.39, 0.29) is 25.2 Å². The van der Waals surface area contributed by atoms with Crippen molar-refractivity contribution in [2.24, 2.45) is 0 Å². The van der Waals surface area contributed by atoms with Gasteiger partial charge in [0.1, 0.15) is 6.33 Å². The van der Waals surface area contributed by atoms with Gasteiger partial charge in [0.25, 0.3) is 0 Å². The number of anilines is 1. The molecule has 4 rings (SSSR count). The molecule has 1 unspecified atom stereocenters. The zero-order valence-corrected chi connectivity index (χ0v) is 22.0.